The van der Waals surface area contributed by atoms with Crippen LogP contribution in [0.15, 0.2) is 18.2 Å². The summed E-state index contributed by atoms with van der Waals surface area (Å²) in [7, 11) is 1.67. The molecule has 0 radical (unpaired) electrons. The fraction of sp³-hybridized carbons (Fsp3) is 0.417. The minimum atomic E-state index is 0.412. The van der Waals surface area contributed by atoms with Crippen molar-refractivity contribution in [2.24, 2.45) is 0 Å². The smallest absolute Gasteiger partial charge is 0.178 e. The highest BCUT2D eigenvalue weighted by atomic mass is 32.1. The molecule has 0 aliphatic heterocycles. The summed E-state index contributed by atoms with van der Waals surface area (Å²) < 4.78 is 8.13. The summed E-state index contributed by atoms with van der Waals surface area (Å²) in [5, 5.41) is 0. The number of hydrogen-bond acceptors (Lipinski definition) is 2. The lowest BCUT2D eigenvalue weighted by molar-refractivity contribution is 0.415. The molecule has 1 heterocycles. The summed E-state index contributed by atoms with van der Waals surface area (Å²) in [5.74, 6) is 0.847. The Balaban J connectivity index is 2.67. The number of nitrogens with zero attached hydrogens (tertiary/aromatic N) is 1. The molecule has 1 atom stereocenters. The van der Waals surface area contributed by atoms with Gasteiger partial charge in [0.25, 0.3) is 0 Å². The van der Waals surface area contributed by atoms with Crippen molar-refractivity contribution < 1.29 is 4.74 Å². The molecule has 2 rings (SSSR count). The number of methoxy groups -OCH3 is 1. The molecule has 0 spiro atoms. The number of ether oxygens (including phenoxy) is 1. The van der Waals surface area contributed by atoms with Crippen molar-refractivity contribution in [1.29, 1.82) is 0 Å². The highest BCUT2D eigenvalue weighted by Crippen LogP contribution is 2.24. The van der Waals surface area contributed by atoms with Crippen molar-refractivity contribution >= 4 is 23.3 Å². The number of H-pyrrole nitrogens is 1. The highest BCUT2D eigenvalue weighted by Gasteiger charge is 2.09. The second kappa shape index (κ2) is 4.29. The van der Waals surface area contributed by atoms with Gasteiger partial charge in [-0.05, 0) is 37.7 Å². The average molecular weight is 236 g/mol. The Hall–Kier alpha value is -1.29. The number of aromatic amines is 1. The molecule has 0 saturated heterocycles. The molecule has 1 unspecified atom stereocenters. The average Bonchev–Trinajstić information content (AvgIpc) is 2.62. The van der Waals surface area contributed by atoms with E-state index in [0.717, 1.165) is 28.0 Å². The Labute approximate surface area is 100 Å². The summed E-state index contributed by atoms with van der Waals surface area (Å²) in [5.41, 5.74) is 2.17. The molecule has 0 bridgehead atoms. The minimum absolute atomic E-state index is 0.412. The molecule has 2 aromatic rings. The molecule has 4 heteroatoms. The van der Waals surface area contributed by atoms with Crippen molar-refractivity contribution in [3.63, 3.8) is 0 Å². The van der Waals surface area contributed by atoms with Gasteiger partial charge in [-0.3, -0.25) is 0 Å². The van der Waals surface area contributed by atoms with Gasteiger partial charge in [0.2, 0.25) is 0 Å². The Kier molecular flexibility index (Phi) is 3.01. The van der Waals surface area contributed by atoms with E-state index in [2.05, 4.69) is 23.4 Å². The normalized spacial score (nSPS) is 12.9. The van der Waals surface area contributed by atoms with Crippen LogP contribution in [-0.2, 0) is 0 Å². The lowest BCUT2D eigenvalue weighted by Crippen LogP contribution is -2.03. The SMILES string of the molecule is CCC(C)n1c(=S)[nH]c2cc(OC)ccc21. The van der Waals surface area contributed by atoms with Crippen molar-refractivity contribution in [2.45, 2.75) is 26.3 Å². The second-order valence-corrected chi connectivity index (χ2v) is 4.33. The first-order chi connectivity index (χ1) is 7.67. The zero-order valence-electron chi connectivity index (χ0n) is 9.78. The van der Waals surface area contributed by atoms with E-state index in [4.69, 9.17) is 17.0 Å². The third-order valence-electron chi connectivity index (χ3n) is 2.96. The van der Waals surface area contributed by atoms with E-state index < -0.39 is 0 Å². The van der Waals surface area contributed by atoms with E-state index >= 15 is 0 Å². The highest BCUT2D eigenvalue weighted by molar-refractivity contribution is 7.71. The maximum Gasteiger partial charge on any atom is 0.178 e. The first-order valence-corrected chi connectivity index (χ1v) is 5.86. The van der Waals surface area contributed by atoms with Gasteiger partial charge in [0.15, 0.2) is 4.77 Å². The lowest BCUT2D eigenvalue weighted by Gasteiger charge is -2.11. The Morgan fingerprint density at radius 2 is 2.25 bits per heavy atom. The second-order valence-electron chi connectivity index (χ2n) is 3.94. The predicted octanol–water partition coefficient (Wildman–Crippen LogP) is 3.68. The van der Waals surface area contributed by atoms with Gasteiger partial charge in [-0.15, -0.1) is 0 Å². The maximum absolute atomic E-state index is 5.34. The van der Waals surface area contributed by atoms with E-state index in [9.17, 15) is 0 Å². The van der Waals surface area contributed by atoms with Crippen molar-refractivity contribution in [2.75, 3.05) is 7.11 Å². The van der Waals surface area contributed by atoms with E-state index in [1.807, 2.05) is 18.2 Å². The molecule has 0 aliphatic rings. The number of rotatable bonds is 3. The molecule has 86 valence electrons. The minimum Gasteiger partial charge on any atom is -0.497 e. The molecular weight excluding hydrogens is 220 g/mol. The van der Waals surface area contributed by atoms with Gasteiger partial charge in [-0.1, -0.05) is 6.92 Å². The molecule has 3 nitrogen and oxygen atoms in total. The van der Waals surface area contributed by atoms with Crippen LogP contribution in [0.1, 0.15) is 26.3 Å². The quantitative estimate of drug-likeness (QED) is 0.824. The monoisotopic (exact) mass is 236 g/mol. The lowest BCUT2D eigenvalue weighted by atomic mass is 10.2. The first-order valence-electron chi connectivity index (χ1n) is 5.45. The standard InChI is InChI=1S/C12H16N2OS/c1-4-8(2)14-11-6-5-9(15-3)7-10(11)13-12(14)16/h5-8H,4H2,1-3H3,(H,13,16). The van der Waals surface area contributed by atoms with Crippen LogP contribution in [-0.4, -0.2) is 16.7 Å². The number of benzene rings is 1. The molecule has 0 saturated carbocycles. The van der Waals surface area contributed by atoms with E-state index in [0.29, 0.717) is 6.04 Å². The third-order valence-corrected chi connectivity index (χ3v) is 3.25. The van der Waals surface area contributed by atoms with Gasteiger partial charge in [0.05, 0.1) is 18.1 Å². The van der Waals surface area contributed by atoms with Crippen molar-refractivity contribution in [1.82, 2.24) is 9.55 Å². The summed E-state index contributed by atoms with van der Waals surface area (Å²) in [6.07, 6.45) is 1.06. The Morgan fingerprint density at radius 3 is 2.88 bits per heavy atom. The number of hydrogen-bond donors (Lipinski definition) is 1. The maximum atomic E-state index is 5.34. The van der Waals surface area contributed by atoms with Crippen LogP contribution in [0.25, 0.3) is 11.0 Å². The molecule has 0 amide bonds. The van der Waals surface area contributed by atoms with Gasteiger partial charge >= 0.3 is 0 Å². The van der Waals surface area contributed by atoms with Crippen LogP contribution >= 0.6 is 12.2 Å². The van der Waals surface area contributed by atoms with E-state index in [1.165, 1.54) is 0 Å². The fourth-order valence-corrected chi connectivity index (χ4v) is 2.25. The van der Waals surface area contributed by atoms with E-state index in [-0.39, 0.29) is 0 Å². The van der Waals surface area contributed by atoms with Crippen LogP contribution in [0.4, 0.5) is 0 Å². The number of aromatic nitrogens is 2. The summed E-state index contributed by atoms with van der Waals surface area (Å²) in [4.78, 5) is 3.21. The summed E-state index contributed by atoms with van der Waals surface area (Å²) in [6.45, 7) is 4.34. The van der Waals surface area contributed by atoms with Crippen molar-refractivity contribution in [3.05, 3.63) is 23.0 Å². The Bertz CT molecular complexity index is 556. The first kappa shape index (κ1) is 11.2. The number of nitrogens with one attached hydrogen (secondary N) is 1. The number of fused-ring (bicyclic) bond motifs is 1. The van der Waals surface area contributed by atoms with Crippen LogP contribution < -0.4 is 4.74 Å². The van der Waals surface area contributed by atoms with Crippen LogP contribution in [0, 0.1) is 4.77 Å². The van der Waals surface area contributed by atoms with E-state index in [1.54, 1.807) is 7.11 Å². The number of imidazole rings is 1. The van der Waals surface area contributed by atoms with Gasteiger partial charge < -0.3 is 14.3 Å². The molecule has 1 aromatic carbocycles. The topological polar surface area (TPSA) is 29.9 Å². The van der Waals surface area contributed by atoms with Gasteiger partial charge in [-0.25, -0.2) is 0 Å². The predicted molar refractivity (Wildman–Crippen MR) is 68.7 cm³/mol. The molecular formula is C12H16N2OS. The van der Waals surface area contributed by atoms with Gasteiger partial charge in [0.1, 0.15) is 5.75 Å². The molecule has 16 heavy (non-hydrogen) atoms. The van der Waals surface area contributed by atoms with Crippen LogP contribution in [0.5, 0.6) is 5.75 Å². The van der Waals surface area contributed by atoms with Gasteiger partial charge in [-0.2, -0.15) is 0 Å². The summed E-state index contributed by atoms with van der Waals surface area (Å²) >= 11 is 5.34. The zero-order chi connectivity index (χ0) is 11.7. The molecule has 0 fully saturated rings. The largest absolute Gasteiger partial charge is 0.497 e. The zero-order valence-corrected chi connectivity index (χ0v) is 10.6. The summed E-state index contributed by atoms with van der Waals surface area (Å²) in [6, 6.07) is 6.40. The van der Waals surface area contributed by atoms with Crippen LogP contribution in [0.2, 0.25) is 0 Å². The van der Waals surface area contributed by atoms with Crippen molar-refractivity contribution in [3.8, 4) is 5.75 Å². The van der Waals surface area contributed by atoms with Gasteiger partial charge in [0, 0.05) is 12.1 Å². The molecule has 0 aliphatic carbocycles. The van der Waals surface area contributed by atoms with Crippen LogP contribution in [0.3, 0.4) is 0 Å². The Morgan fingerprint density at radius 1 is 1.50 bits per heavy atom. The molecule has 1 N–H and O–H groups in total. The molecule has 1 aromatic heterocycles. The third kappa shape index (κ3) is 1.73. The fourth-order valence-electron chi connectivity index (χ4n) is 1.86.